The van der Waals surface area contributed by atoms with Crippen LogP contribution in [0.25, 0.3) is 11.0 Å². The number of carbonyl (C=O) groups is 1. The quantitative estimate of drug-likeness (QED) is 0.616. The van der Waals surface area contributed by atoms with Crippen LogP contribution < -0.4 is 0 Å². The molecule has 1 saturated heterocycles. The monoisotopic (exact) mass is 429 g/mol. The van der Waals surface area contributed by atoms with E-state index in [4.69, 9.17) is 0 Å². The number of sulfonamides is 1. The maximum Gasteiger partial charge on any atom is 0.323 e. The molecule has 0 amide bonds. The summed E-state index contributed by atoms with van der Waals surface area (Å²) in [5.74, 6) is -0.433. The number of imidazole rings is 1. The van der Waals surface area contributed by atoms with Crippen LogP contribution in [0.15, 0.2) is 23.4 Å². The van der Waals surface area contributed by atoms with Crippen molar-refractivity contribution in [2.75, 3.05) is 24.6 Å². The number of nitrogens with zero attached hydrogens (tertiary/aromatic N) is 3. The largest absolute Gasteiger partial charge is 0.480 e. The fraction of sp³-hybridized carbons (Fsp3) is 0.556. The fourth-order valence-corrected chi connectivity index (χ4v) is 6.18. The van der Waals surface area contributed by atoms with E-state index in [0.717, 1.165) is 12.8 Å². The Labute approximate surface area is 168 Å². The lowest BCUT2D eigenvalue weighted by Crippen LogP contribution is -2.31. The van der Waals surface area contributed by atoms with Crippen LogP contribution >= 0.6 is 11.8 Å². The number of unbranched alkanes of at least 4 members (excludes halogenated alkanes) is 1. The Bertz CT molecular complexity index is 961. The van der Waals surface area contributed by atoms with E-state index in [2.05, 4.69) is 4.98 Å². The summed E-state index contributed by atoms with van der Waals surface area (Å²) < 4.78 is 41.3. The summed E-state index contributed by atoms with van der Waals surface area (Å²) in [6.45, 7) is 2.71. The van der Waals surface area contributed by atoms with E-state index in [0.29, 0.717) is 41.5 Å². The number of rotatable bonds is 9. The van der Waals surface area contributed by atoms with Crippen molar-refractivity contribution in [1.29, 1.82) is 0 Å². The molecule has 154 valence electrons. The summed E-state index contributed by atoms with van der Waals surface area (Å²) in [5.41, 5.74) is 0.987. The van der Waals surface area contributed by atoms with E-state index in [1.54, 1.807) is 8.87 Å². The predicted octanol–water partition coefficient (Wildman–Crippen LogP) is 2.80. The van der Waals surface area contributed by atoms with Gasteiger partial charge in [0.05, 0.1) is 16.8 Å². The molecule has 1 fully saturated rings. The second-order valence-electron chi connectivity index (χ2n) is 7.00. The molecular formula is C18H24FN3O4S2. The molecule has 1 aliphatic heterocycles. The summed E-state index contributed by atoms with van der Waals surface area (Å²) >= 11 is 1.39. The van der Waals surface area contributed by atoms with Gasteiger partial charge in [-0.25, -0.2) is 22.1 Å². The van der Waals surface area contributed by atoms with Gasteiger partial charge in [0.25, 0.3) is 0 Å². The van der Waals surface area contributed by atoms with Crippen molar-refractivity contribution < 1.29 is 22.7 Å². The highest BCUT2D eigenvalue weighted by atomic mass is 32.2. The molecule has 2 heterocycles. The summed E-state index contributed by atoms with van der Waals surface area (Å²) in [7, 11) is -3.20. The molecule has 3 rings (SSSR count). The summed E-state index contributed by atoms with van der Waals surface area (Å²) in [5, 5.41) is 9.70. The molecule has 0 bridgehead atoms. The highest BCUT2D eigenvalue weighted by Gasteiger charge is 2.31. The van der Waals surface area contributed by atoms with Crippen LogP contribution in [-0.4, -0.2) is 57.9 Å². The number of benzene rings is 1. The highest BCUT2D eigenvalue weighted by Crippen LogP contribution is 2.30. The lowest BCUT2D eigenvalue weighted by Gasteiger charge is -2.16. The number of fused-ring (bicyclic) bond motifs is 1. The number of thioether (sulfide) groups is 1. The van der Waals surface area contributed by atoms with Crippen molar-refractivity contribution in [1.82, 2.24) is 13.9 Å². The zero-order valence-corrected chi connectivity index (χ0v) is 17.3. The Kier molecular flexibility index (Phi) is 6.61. The van der Waals surface area contributed by atoms with Crippen LogP contribution in [0.1, 0.15) is 26.2 Å². The van der Waals surface area contributed by atoms with Crippen LogP contribution in [0.4, 0.5) is 4.39 Å². The first kappa shape index (κ1) is 21.1. The average molecular weight is 430 g/mol. The molecule has 1 aromatic heterocycles. The van der Waals surface area contributed by atoms with Crippen molar-refractivity contribution in [2.45, 2.75) is 37.9 Å². The zero-order chi connectivity index (χ0) is 20.3. The van der Waals surface area contributed by atoms with Crippen LogP contribution in [0, 0.1) is 11.7 Å². The lowest BCUT2D eigenvalue weighted by atomic mass is 10.2. The van der Waals surface area contributed by atoms with Gasteiger partial charge < -0.3 is 9.67 Å². The molecule has 28 heavy (non-hydrogen) atoms. The topological polar surface area (TPSA) is 92.5 Å². The number of hydrogen-bond donors (Lipinski definition) is 1. The number of carboxylic acid groups (broad SMARTS) is 1. The van der Waals surface area contributed by atoms with Gasteiger partial charge in [-0.3, -0.25) is 4.79 Å². The molecule has 1 aromatic carbocycles. The van der Waals surface area contributed by atoms with E-state index in [1.807, 2.05) is 6.92 Å². The predicted molar refractivity (Wildman–Crippen MR) is 106 cm³/mol. The molecule has 1 unspecified atom stereocenters. The fourth-order valence-electron chi connectivity index (χ4n) is 3.31. The minimum Gasteiger partial charge on any atom is -0.480 e. The van der Waals surface area contributed by atoms with Crippen LogP contribution in [0.3, 0.4) is 0 Å². The third kappa shape index (κ3) is 4.84. The maximum absolute atomic E-state index is 13.5. The Balaban J connectivity index is 1.69. The number of aliphatic carboxylic acids is 1. The second kappa shape index (κ2) is 8.79. The smallest absolute Gasteiger partial charge is 0.323 e. The van der Waals surface area contributed by atoms with Gasteiger partial charge in [0.1, 0.15) is 12.4 Å². The van der Waals surface area contributed by atoms with Gasteiger partial charge in [-0.1, -0.05) is 25.1 Å². The van der Waals surface area contributed by atoms with E-state index >= 15 is 0 Å². The highest BCUT2D eigenvalue weighted by molar-refractivity contribution is 7.99. The van der Waals surface area contributed by atoms with Gasteiger partial charge in [-0.2, -0.15) is 0 Å². The Morgan fingerprint density at radius 2 is 2.21 bits per heavy atom. The minimum absolute atomic E-state index is 0.177. The molecular weight excluding hydrogens is 405 g/mol. The van der Waals surface area contributed by atoms with Crippen molar-refractivity contribution in [2.24, 2.45) is 5.92 Å². The number of carboxylic acids is 1. The van der Waals surface area contributed by atoms with Crippen molar-refractivity contribution in [3.05, 3.63) is 24.0 Å². The first-order valence-electron chi connectivity index (χ1n) is 9.28. The zero-order valence-electron chi connectivity index (χ0n) is 15.7. The van der Waals surface area contributed by atoms with Crippen LogP contribution in [0.2, 0.25) is 0 Å². The summed E-state index contributed by atoms with van der Waals surface area (Å²) in [6.07, 6.45) is 2.27. The van der Waals surface area contributed by atoms with Gasteiger partial charge in [0.15, 0.2) is 5.16 Å². The summed E-state index contributed by atoms with van der Waals surface area (Å²) in [6, 6.07) is 4.10. The molecule has 10 heteroatoms. The molecule has 0 radical (unpaired) electrons. The van der Waals surface area contributed by atoms with E-state index in [1.165, 1.54) is 30.0 Å². The Hall–Kier alpha value is -1.65. The van der Waals surface area contributed by atoms with Crippen molar-refractivity contribution in [3.8, 4) is 0 Å². The van der Waals surface area contributed by atoms with Gasteiger partial charge in [0.2, 0.25) is 10.0 Å². The van der Waals surface area contributed by atoms with Crippen molar-refractivity contribution >= 4 is 38.8 Å². The number of hydrogen-bond acceptors (Lipinski definition) is 5. The van der Waals surface area contributed by atoms with E-state index < -0.39 is 21.8 Å². The van der Waals surface area contributed by atoms with E-state index in [9.17, 15) is 22.7 Å². The minimum atomic E-state index is -3.20. The van der Waals surface area contributed by atoms with Crippen LogP contribution in [-0.2, 0) is 21.4 Å². The van der Waals surface area contributed by atoms with Crippen LogP contribution in [0.5, 0.6) is 0 Å². The standard InChI is InChI=1S/C18H24FN3O4S2/c1-2-3-8-28(25,26)21-7-6-13(10-21)12-27-18-20-15-9-14(19)4-5-16(15)22(18)11-17(23)24/h4-5,9,13H,2-3,6-8,10-12H2,1H3,(H,23,24). The third-order valence-corrected chi connectivity index (χ3v) is 7.95. The Morgan fingerprint density at radius 3 is 2.93 bits per heavy atom. The molecule has 1 atom stereocenters. The SMILES string of the molecule is CCCCS(=O)(=O)N1CCC(CSc2nc3cc(F)ccc3n2CC(=O)O)C1. The third-order valence-electron chi connectivity index (χ3n) is 4.81. The maximum atomic E-state index is 13.5. The number of halogens is 1. The van der Waals surface area contributed by atoms with Gasteiger partial charge in [-0.15, -0.1) is 0 Å². The molecule has 1 N–H and O–H groups in total. The van der Waals surface area contributed by atoms with E-state index in [-0.39, 0.29) is 18.2 Å². The van der Waals surface area contributed by atoms with Gasteiger partial charge >= 0.3 is 5.97 Å². The molecule has 1 aliphatic rings. The molecule has 7 nitrogen and oxygen atoms in total. The summed E-state index contributed by atoms with van der Waals surface area (Å²) in [4.78, 5) is 15.6. The molecule has 0 saturated carbocycles. The van der Waals surface area contributed by atoms with Gasteiger partial charge in [0, 0.05) is 24.9 Å². The normalized spacial score (nSPS) is 18.1. The first-order chi connectivity index (χ1) is 13.3. The number of aromatic nitrogens is 2. The first-order valence-corrected chi connectivity index (χ1v) is 11.9. The lowest BCUT2D eigenvalue weighted by molar-refractivity contribution is -0.137. The second-order valence-corrected chi connectivity index (χ2v) is 10.1. The molecule has 2 aromatic rings. The molecule has 0 spiro atoms. The average Bonchev–Trinajstić information content (AvgIpc) is 3.23. The van der Waals surface area contributed by atoms with Gasteiger partial charge in [-0.05, 0) is 30.9 Å². The van der Waals surface area contributed by atoms with Crippen molar-refractivity contribution in [3.63, 3.8) is 0 Å². The molecule has 0 aliphatic carbocycles. The Morgan fingerprint density at radius 1 is 1.43 bits per heavy atom.